The van der Waals surface area contributed by atoms with Crippen LogP contribution >= 0.6 is 11.3 Å². The zero-order valence-corrected chi connectivity index (χ0v) is 15.0. The monoisotopic (exact) mass is 371 g/mol. The summed E-state index contributed by atoms with van der Waals surface area (Å²) in [6.45, 7) is 2.30. The Morgan fingerprint density at radius 1 is 1.27 bits per heavy atom. The molecule has 0 unspecified atom stereocenters. The molecule has 2 N–H and O–H groups in total. The van der Waals surface area contributed by atoms with Gasteiger partial charge < -0.3 is 9.47 Å². The highest BCUT2D eigenvalue weighted by molar-refractivity contribution is 7.09. The second-order valence-electron chi connectivity index (χ2n) is 5.18. The lowest BCUT2D eigenvalue weighted by atomic mass is 10.2. The first-order valence-electron chi connectivity index (χ1n) is 7.71. The summed E-state index contributed by atoms with van der Waals surface area (Å²) < 4.78 is 10.7. The van der Waals surface area contributed by atoms with Crippen molar-refractivity contribution in [3.63, 3.8) is 0 Å². The van der Waals surface area contributed by atoms with Gasteiger partial charge >= 0.3 is 0 Å². The number of carbonyl (C=O) groups excluding carboxylic acids is 1. The number of hydrazine groups is 1. The van der Waals surface area contributed by atoms with Crippen LogP contribution in [-0.2, 0) is 6.61 Å². The number of benzene rings is 1. The Morgan fingerprint density at radius 2 is 2.15 bits per heavy atom. The van der Waals surface area contributed by atoms with Gasteiger partial charge in [0.15, 0.2) is 0 Å². The molecule has 1 amide bonds. The molecule has 0 aliphatic carbocycles. The molecule has 134 valence electrons. The van der Waals surface area contributed by atoms with E-state index < -0.39 is 0 Å². The molecule has 0 saturated carbocycles. The van der Waals surface area contributed by atoms with E-state index in [1.807, 2.05) is 12.3 Å². The van der Waals surface area contributed by atoms with E-state index in [-0.39, 0.29) is 11.9 Å². The lowest BCUT2D eigenvalue weighted by molar-refractivity contribution is 0.0961. The molecule has 1 aromatic carbocycles. The molecule has 3 rings (SSSR count). The maximum Gasteiger partial charge on any atom is 0.269 e. The third kappa shape index (κ3) is 4.67. The zero-order valence-electron chi connectivity index (χ0n) is 14.2. The Balaban J connectivity index is 1.58. The fourth-order valence-electron chi connectivity index (χ4n) is 2.06. The van der Waals surface area contributed by atoms with Crippen molar-refractivity contribution in [2.45, 2.75) is 13.5 Å². The molecule has 3 aromatic rings. The highest BCUT2D eigenvalue weighted by Gasteiger charge is 2.08. The highest BCUT2D eigenvalue weighted by atomic mass is 32.1. The molecule has 0 saturated heterocycles. The number of ether oxygens (including phenoxy) is 2. The van der Waals surface area contributed by atoms with E-state index >= 15 is 0 Å². The molecular formula is C17H17N5O3S. The van der Waals surface area contributed by atoms with Gasteiger partial charge in [-0.1, -0.05) is 6.07 Å². The Kier molecular flexibility index (Phi) is 5.59. The van der Waals surface area contributed by atoms with Gasteiger partial charge in [-0.2, -0.15) is 4.98 Å². The van der Waals surface area contributed by atoms with Crippen LogP contribution in [0.5, 0.6) is 11.6 Å². The lowest BCUT2D eigenvalue weighted by Crippen LogP contribution is -2.30. The van der Waals surface area contributed by atoms with Crippen LogP contribution in [0.25, 0.3) is 0 Å². The van der Waals surface area contributed by atoms with Crippen molar-refractivity contribution < 1.29 is 14.3 Å². The highest BCUT2D eigenvalue weighted by Crippen LogP contribution is 2.16. The smallest absolute Gasteiger partial charge is 0.269 e. The third-order valence-corrected chi connectivity index (χ3v) is 4.10. The Morgan fingerprint density at radius 3 is 2.92 bits per heavy atom. The minimum atomic E-state index is -0.341. The number of hydrogen-bond acceptors (Lipinski definition) is 8. The molecule has 2 aromatic heterocycles. The van der Waals surface area contributed by atoms with Crippen LogP contribution in [0.3, 0.4) is 0 Å². The standard InChI is InChI=1S/C17H17N5O3S/c1-11-19-13(10-26-11)9-25-14-5-3-4-12(8-14)16(23)21-22-17-18-7-6-15(20-17)24-2/h3-8,10H,9H2,1-2H3,(H,21,23)(H,18,20,22). The van der Waals surface area contributed by atoms with Crippen LogP contribution in [0, 0.1) is 6.92 Å². The minimum Gasteiger partial charge on any atom is -0.487 e. The number of hydrogen-bond donors (Lipinski definition) is 2. The summed E-state index contributed by atoms with van der Waals surface area (Å²) in [5.74, 6) is 0.862. The molecule has 2 heterocycles. The fourth-order valence-corrected chi connectivity index (χ4v) is 2.66. The minimum absolute atomic E-state index is 0.226. The molecule has 0 aliphatic rings. The Hall–Kier alpha value is -3.20. The van der Waals surface area contributed by atoms with Crippen LogP contribution in [0.1, 0.15) is 21.1 Å². The average Bonchev–Trinajstić information content (AvgIpc) is 3.10. The van der Waals surface area contributed by atoms with Crippen LogP contribution in [0.4, 0.5) is 5.95 Å². The molecule has 26 heavy (non-hydrogen) atoms. The van der Waals surface area contributed by atoms with Gasteiger partial charge in [0, 0.05) is 23.2 Å². The Labute approximate surface area is 154 Å². The first kappa shape index (κ1) is 17.6. The zero-order chi connectivity index (χ0) is 18.4. The topological polar surface area (TPSA) is 98.3 Å². The second-order valence-corrected chi connectivity index (χ2v) is 6.24. The van der Waals surface area contributed by atoms with E-state index in [2.05, 4.69) is 25.8 Å². The number of nitrogens with one attached hydrogen (secondary N) is 2. The summed E-state index contributed by atoms with van der Waals surface area (Å²) in [7, 11) is 1.50. The van der Waals surface area contributed by atoms with Gasteiger partial charge in [0.1, 0.15) is 12.4 Å². The van der Waals surface area contributed by atoms with Crippen molar-refractivity contribution in [2.75, 3.05) is 12.5 Å². The molecule has 0 aliphatic heterocycles. The second kappa shape index (κ2) is 8.26. The van der Waals surface area contributed by atoms with Gasteiger partial charge in [0.05, 0.1) is 17.8 Å². The first-order chi connectivity index (χ1) is 12.6. The number of aromatic nitrogens is 3. The van der Waals surface area contributed by atoms with E-state index in [0.717, 1.165) is 10.7 Å². The van der Waals surface area contributed by atoms with E-state index in [0.29, 0.717) is 23.8 Å². The summed E-state index contributed by atoms with van der Waals surface area (Å²) in [6, 6.07) is 8.48. The summed E-state index contributed by atoms with van der Waals surface area (Å²) in [5.41, 5.74) is 6.48. The van der Waals surface area contributed by atoms with Gasteiger partial charge in [-0.25, -0.2) is 9.97 Å². The third-order valence-electron chi connectivity index (χ3n) is 3.28. The van der Waals surface area contributed by atoms with E-state index in [9.17, 15) is 4.79 Å². The summed E-state index contributed by atoms with van der Waals surface area (Å²) in [5, 5.41) is 2.94. The molecule has 8 nitrogen and oxygen atoms in total. The largest absolute Gasteiger partial charge is 0.487 e. The predicted molar refractivity (Wildman–Crippen MR) is 97.3 cm³/mol. The van der Waals surface area contributed by atoms with Crippen LogP contribution < -0.4 is 20.3 Å². The van der Waals surface area contributed by atoms with Crippen molar-refractivity contribution in [1.29, 1.82) is 0 Å². The quantitative estimate of drug-likeness (QED) is 0.616. The van der Waals surface area contributed by atoms with Crippen molar-refractivity contribution >= 4 is 23.2 Å². The van der Waals surface area contributed by atoms with Crippen molar-refractivity contribution in [3.8, 4) is 11.6 Å². The lowest BCUT2D eigenvalue weighted by Gasteiger charge is -2.09. The van der Waals surface area contributed by atoms with Gasteiger partial charge in [-0.3, -0.25) is 15.6 Å². The number of nitrogens with zero attached hydrogens (tertiary/aromatic N) is 3. The summed E-state index contributed by atoms with van der Waals surface area (Å²) in [6.07, 6.45) is 1.52. The number of anilines is 1. The summed E-state index contributed by atoms with van der Waals surface area (Å²) >= 11 is 1.57. The number of methoxy groups -OCH3 is 1. The van der Waals surface area contributed by atoms with Crippen molar-refractivity contribution in [2.24, 2.45) is 0 Å². The molecular weight excluding hydrogens is 354 g/mol. The van der Waals surface area contributed by atoms with Gasteiger partial charge in [0.25, 0.3) is 5.91 Å². The van der Waals surface area contributed by atoms with E-state index in [1.54, 1.807) is 41.7 Å². The van der Waals surface area contributed by atoms with Crippen LogP contribution in [0.2, 0.25) is 0 Å². The SMILES string of the molecule is COc1ccnc(NNC(=O)c2cccc(OCc3csc(C)n3)c2)n1. The number of carbonyl (C=O) groups is 1. The summed E-state index contributed by atoms with van der Waals surface area (Å²) in [4.78, 5) is 24.7. The first-order valence-corrected chi connectivity index (χ1v) is 8.59. The molecule has 0 bridgehead atoms. The van der Waals surface area contributed by atoms with Crippen LogP contribution in [-0.4, -0.2) is 28.0 Å². The average molecular weight is 371 g/mol. The number of rotatable bonds is 7. The van der Waals surface area contributed by atoms with Gasteiger partial charge in [-0.15, -0.1) is 11.3 Å². The number of thiazole rings is 1. The maximum absolute atomic E-state index is 12.3. The van der Waals surface area contributed by atoms with E-state index in [4.69, 9.17) is 9.47 Å². The maximum atomic E-state index is 12.3. The molecule has 0 atom stereocenters. The normalized spacial score (nSPS) is 10.2. The molecule has 0 fully saturated rings. The van der Waals surface area contributed by atoms with Crippen LogP contribution in [0.15, 0.2) is 41.9 Å². The predicted octanol–water partition coefficient (Wildman–Crippen LogP) is 2.59. The van der Waals surface area contributed by atoms with Gasteiger partial charge in [-0.05, 0) is 25.1 Å². The molecule has 9 heteroatoms. The van der Waals surface area contributed by atoms with E-state index in [1.165, 1.54) is 13.3 Å². The number of amides is 1. The Bertz CT molecular complexity index is 899. The van der Waals surface area contributed by atoms with Crippen molar-refractivity contribution in [3.05, 3.63) is 58.2 Å². The molecule has 0 spiro atoms. The van der Waals surface area contributed by atoms with Crippen molar-refractivity contribution in [1.82, 2.24) is 20.4 Å². The van der Waals surface area contributed by atoms with Gasteiger partial charge in [0.2, 0.25) is 11.8 Å². The molecule has 0 radical (unpaired) electrons. The number of aryl methyl sites for hydroxylation is 1. The fraction of sp³-hybridized carbons (Fsp3) is 0.176.